The molecule has 0 aliphatic carbocycles. The molecular formula is C27H27N5O7. The van der Waals surface area contributed by atoms with Gasteiger partial charge in [-0.1, -0.05) is 18.2 Å². The number of allylic oxidation sites excluding steroid dienone is 2. The molecular weight excluding hydrogens is 506 g/mol. The molecule has 3 aliphatic rings. The first kappa shape index (κ1) is 25.9. The van der Waals surface area contributed by atoms with Crippen LogP contribution in [0.4, 0.5) is 10.5 Å². The highest BCUT2D eigenvalue weighted by molar-refractivity contribution is 6.20. The molecule has 12 nitrogen and oxygen atoms in total. The number of aromatic hydroxyl groups is 1. The highest BCUT2D eigenvalue weighted by atomic mass is 16.3. The van der Waals surface area contributed by atoms with Crippen molar-refractivity contribution in [2.45, 2.75) is 31.8 Å². The van der Waals surface area contributed by atoms with E-state index < -0.39 is 51.7 Å². The number of barbiturate groups is 1. The fourth-order valence-corrected chi connectivity index (χ4v) is 5.98. The highest BCUT2D eigenvalue weighted by Gasteiger charge is 2.63. The molecule has 5 rings (SSSR count). The average molecular weight is 534 g/mol. The topological polar surface area (TPSA) is 153 Å². The van der Waals surface area contributed by atoms with Gasteiger partial charge in [0.1, 0.15) is 5.56 Å². The number of imide groups is 2. The molecule has 1 aromatic carbocycles. The number of nitrogens with zero attached hydrogens (tertiary/aromatic N) is 4. The molecule has 2 saturated heterocycles. The van der Waals surface area contributed by atoms with Crippen molar-refractivity contribution in [3.8, 4) is 5.88 Å². The zero-order chi connectivity index (χ0) is 28.2. The van der Waals surface area contributed by atoms with Crippen LogP contribution in [0.1, 0.15) is 34.3 Å². The number of amides is 4. The number of carbonyl (C=O) groups is 4. The summed E-state index contributed by atoms with van der Waals surface area (Å²) < 4.78 is 0.817. The van der Waals surface area contributed by atoms with Crippen LogP contribution in [0.3, 0.4) is 0 Å². The second-order valence-corrected chi connectivity index (χ2v) is 9.95. The van der Waals surface area contributed by atoms with Crippen LogP contribution in [0, 0.1) is 5.41 Å². The Morgan fingerprint density at radius 1 is 1.15 bits per heavy atom. The summed E-state index contributed by atoms with van der Waals surface area (Å²) in [6.07, 6.45) is 5.39. The molecule has 39 heavy (non-hydrogen) atoms. The Bertz CT molecular complexity index is 1580. The molecule has 4 heterocycles. The normalized spacial score (nSPS) is 20.1. The van der Waals surface area contributed by atoms with E-state index in [-0.39, 0.29) is 19.0 Å². The number of ketones is 1. The van der Waals surface area contributed by atoms with Gasteiger partial charge >= 0.3 is 11.7 Å². The summed E-state index contributed by atoms with van der Waals surface area (Å²) in [7, 11) is 2.76. The summed E-state index contributed by atoms with van der Waals surface area (Å²) in [5, 5.41) is 10.4. The van der Waals surface area contributed by atoms with Crippen molar-refractivity contribution in [2.75, 3.05) is 25.5 Å². The van der Waals surface area contributed by atoms with Gasteiger partial charge in [-0.05, 0) is 48.6 Å². The molecule has 2 fully saturated rings. The van der Waals surface area contributed by atoms with E-state index >= 15 is 0 Å². The van der Waals surface area contributed by atoms with E-state index in [0.717, 1.165) is 32.6 Å². The summed E-state index contributed by atoms with van der Waals surface area (Å²) in [5.41, 5.74) is -1.78. The lowest BCUT2D eigenvalue weighted by atomic mass is 9.68. The number of nitrogens with one attached hydrogen (secondary N) is 1. The van der Waals surface area contributed by atoms with Crippen LogP contribution >= 0.6 is 0 Å². The van der Waals surface area contributed by atoms with Gasteiger partial charge in [-0.3, -0.25) is 38.5 Å². The van der Waals surface area contributed by atoms with Gasteiger partial charge in [0.15, 0.2) is 11.2 Å². The quantitative estimate of drug-likeness (QED) is 0.249. The lowest BCUT2D eigenvalue weighted by Crippen LogP contribution is -2.70. The zero-order valence-corrected chi connectivity index (χ0v) is 21.5. The summed E-state index contributed by atoms with van der Waals surface area (Å²) in [6.45, 7) is 4.03. The molecule has 4 amide bonds. The maximum Gasteiger partial charge on any atom is 0.332 e. The Labute approximate surface area is 222 Å². The second kappa shape index (κ2) is 9.22. The molecule has 0 bridgehead atoms. The van der Waals surface area contributed by atoms with E-state index in [1.54, 1.807) is 12.1 Å². The summed E-state index contributed by atoms with van der Waals surface area (Å²) >= 11 is 0. The number of aromatic amines is 1. The standard InChI is InChI=1S/C27H27N5O7/c1-4-11-32-22(35)20(21(34)28-25(32)38)18(33)10-8-15-7-9-17-16(13-15)14-27(19-6-5-12-31(17)19)23(36)29(2)26(39)30(3)24(27)37/h4,7-10,13,19,35H,1,5-6,11-12,14H2,2-3H3,(H,28,34,38)/b10-8+/t19-/m0/s1. The van der Waals surface area contributed by atoms with Crippen molar-refractivity contribution in [1.82, 2.24) is 19.4 Å². The third-order valence-corrected chi connectivity index (χ3v) is 7.81. The van der Waals surface area contributed by atoms with Crippen molar-refractivity contribution < 1.29 is 24.3 Å². The first-order chi connectivity index (χ1) is 18.5. The fraction of sp³-hybridized carbons (Fsp3) is 0.333. The van der Waals surface area contributed by atoms with Crippen molar-refractivity contribution in [3.63, 3.8) is 0 Å². The van der Waals surface area contributed by atoms with E-state index in [1.165, 1.54) is 26.2 Å². The number of rotatable bonds is 5. The smallest absolute Gasteiger partial charge is 0.332 e. The molecule has 3 aliphatic heterocycles. The maximum absolute atomic E-state index is 13.5. The molecule has 12 heteroatoms. The van der Waals surface area contributed by atoms with Gasteiger partial charge in [0, 0.05) is 32.9 Å². The van der Waals surface area contributed by atoms with E-state index in [9.17, 15) is 33.9 Å². The second-order valence-electron chi connectivity index (χ2n) is 9.95. The Morgan fingerprint density at radius 3 is 2.51 bits per heavy atom. The monoisotopic (exact) mass is 533 g/mol. The predicted molar refractivity (Wildman–Crippen MR) is 140 cm³/mol. The molecule has 2 N–H and O–H groups in total. The molecule has 1 aromatic heterocycles. The summed E-state index contributed by atoms with van der Waals surface area (Å²) in [4.78, 5) is 82.6. The minimum absolute atomic E-state index is 0.0890. The van der Waals surface area contributed by atoms with Crippen molar-refractivity contribution in [3.05, 3.63) is 74.5 Å². The fourth-order valence-electron chi connectivity index (χ4n) is 5.98. The molecule has 0 unspecified atom stereocenters. The van der Waals surface area contributed by atoms with Gasteiger partial charge in [-0.25, -0.2) is 9.59 Å². The van der Waals surface area contributed by atoms with E-state index in [0.29, 0.717) is 24.1 Å². The number of urea groups is 1. The van der Waals surface area contributed by atoms with Crippen LogP contribution in [0.2, 0.25) is 0 Å². The van der Waals surface area contributed by atoms with Crippen LogP contribution in [0.5, 0.6) is 5.88 Å². The van der Waals surface area contributed by atoms with Crippen LogP contribution in [-0.2, 0) is 22.6 Å². The third kappa shape index (κ3) is 3.74. The molecule has 1 atom stereocenters. The van der Waals surface area contributed by atoms with Crippen LogP contribution in [0.15, 0.2) is 46.5 Å². The molecule has 202 valence electrons. The van der Waals surface area contributed by atoms with Crippen molar-refractivity contribution in [1.29, 1.82) is 0 Å². The molecule has 0 radical (unpaired) electrons. The number of H-pyrrole nitrogens is 1. The SMILES string of the molecule is C=CCn1c(O)c(C(=O)/C=C/c2ccc3c(c2)CC2(C(=O)N(C)C(=O)N(C)C2=O)[C@@H]2CCCN32)c(=O)[nH]c1=O. The van der Waals surface area contributed by atoms with Gasteiger partial charge < -0.3 is 10.0 Å². The number of carbonyl (C=O) groups excluding carboxylic acids is 4. The zero-order valence-electron chi connectivity index (χ0n) is 21.5. The largest absolute Gasteiger partial charge is 0.494 e. The van der Waals surface area contributed by atoms with Crippen LogP contribution < -0.4 is 16.1 Å². The number of aromatic nitrogens is 2. The number of benzene rings is 1. The van der Waals surface area contributed by atoms with Crippen LogP contribution in [0.25, 0.3) is 6.08 Å². The minimum atomic E-state index is -1.45. The van der Waals surface area contributed by atoms with Crippen molar-refractivity contribution in [2.24, 2.45) is 5.41 Å². The van der Waals surface area contributed by atoms with Crippen LogP contribution in [-0.4, -0.2) is 74.8 Å². The van der Waals surface area contributed by atoms with E-state index in [2.05, 4.69) is 6.58 Å². The highest BCUT2D eigenvalue weighted by Crippen LogP contribution is 2.49. The summed E-state index contributed by atoms with van der Waals surface area (Å²) in [5.74, 6) is -2.64. The molecule has 1 spiro atoms. The average Bonchev–Trinajstić information content (AvgIpc) is 3.41. The van der Waals surface area contributed by atoms with E-state index in [4.69, 9.17) is 0 Å². The van der Waals surface area contributed by atoms with Gasteiger partial charge in [-0.15, -0.1) is 6.58 Å². The Hall–Kier alpha value is -4.74. The lowest BCUT2D eigenvalue weighted by molar-refractivity contribution is -0.159. The maximum atomic E-state index is 13.5. The van der Waals surface area contributed by atoms with Crippen molar-refractivity contribution >= 4 is 35.4 Å². The molecule has 2 aromatic rings. The Morgan fingerprint density at radius 2 is 1.85 bits per heavy atom. The van der Waals surface area contributed by atoms with Gasteiger partial charge in [-0.2, -0.15) is 0 Å². The predicted octanol–water partition coefficient (Wildman–Crippen LogP) is 0.886. The number of anilines is 1. The van der Waals surface area contributed by atoms with Gasteiger partial charge in [0.25, 0.3) is 5.56 Å². The Kier molecular flexibility index (Phi) is 6.12. The molecule has 0 saturated carbocycles. The Balaban J connectivity index is 1.52. The third-order valence-electron chi connectivity index (χ3n) is 7.81. The lowest BCUT2D eigenvalue weighted by Gasteiger charge is -2.50. The first-order valence-corrected chi connectivity index (χ1v) is 12.4. The number of hydrogen-bond donors (Lipinski definition) is 2. The van der Waals surface area contributed by atoms with Gasteiger partial charge in [0.05, 0.1) is 6.04 Å². The number of hydrogen-bond acceptors (Lipinski definition) is 8. The first-order valence-electron chi connectivity index (χ1n) is 12.4. The minimum Gasteiger partial charge on any atom is -0.494 e. The van der Waals surface area contributed by atoms with E-state index in [1.807, 2.05) is 16.0 Å². The number of fused-ring (bicyclic) bond motifs is 4. The van der Waals surface area contributed by atoms with Gasteiger partial charge in [0.2, 0.25) is 17.7 Å². The summed E-state index contributed by atoms with van der Waals surface area (Å²) in [6, 6.07) is 4.33.